The van der Waals surface area contributed by atoms with Crippen LogP contribution in [-0.4, -0.2) is 34.1 Å². The van der Waals surface area contributed by atoms with Crippen LogP contribution in [0.4, 0.5) is 0 Å². The summed E-state index contributed by atoms with van der Waals surface area (Å²) in [7, 11) is 0. The number of imidazole rings is 1. The Balaban J connectivity index is 1.41. The van der Waals surface area contributed by atoms with Crippen LogP contribution in [0.25, 0.3) is 11.0 Å². The van der Waals surface area contributed by atoms with Crippen LogP contribution in [0.2, 0.25) is 0 Å². The summed E-state index contributed by atoms with van der Waals surface area (Å²) in [6.45, 7) is 4.87. The van der Waals surface area contributed by atoms with Crippen molar-refractivity contribution in [3.63, 3.8) is 0 Å². The predicted octanol–water partition coefficient (Wildman–Crippen LogP) is 3.30. The molecule has 0 N–H and O–H groups in total. The van der Waals surface area contributed by atoms with Gasteiger partial charge in [0.2, 0.25) is 0 Å². The summed E-state index contributed by atoms with van der Waals surface area (Å²) in [5.41, 5.74) is 3.07. The van der Waals surface area contributed by atoms with Crippen LogP contribution in [0.3, 0.4) is 0 Å². The first-order valence-corrected chi connectivity index (χ1v) is 7.97. The molecule has 1 spiro atoms. The van der Waals surface area contributed by atoms with Crippen molar-refractivity contribution in [2.75, 3.05) is 19.6 Å². The van der Waals surface area contributed by atoms with Crippen molar-refractivity contribution < 1.29 is 0 Å². The van der Waals surface area contributed by atoms with E-state index in [-0.39, 0.29) is 0 Å². The highest BCUT2D eigenvalue weighted by Gasteiger charge is 2.39. The van der Waals surface area contributed by atoms with E-state index in [1.807, 2.05) is 6.33 Å². The molecule has 0 unspecified atom stereocenters. The second-order valence-electron chi connectivity index (χ2n) is 6.66. The minimum atomic E-state index is 0.691. The molecule has 4 rings (SSSR count). The van der Waals surface area contributed by atoms with E-state index in [0.717, 1.165) is 12.1 Å². The van der Waals surface area contributed by atoms with Gasteiger partial charge in [-0.15, -0.1) is 0 Å². The lowest BCUT2D eigenvalue weighted by molar-refractivity contribution is 0.255. The van der Waals surface area contributed by atoms with Crippen molar-refractivity contribution in [3.8, 4) is 0 Å². The van der Waals surface area contributed by atoms with E-state index >= 15 is 0 Å². The number of hydrogen-bond acceptors (Lipinski definition) is 2. The first-order valence-electron chi connectivity index (χ1n) is 7.97. The minimum absolute atomic E-state index is 0.691. The third kappa shape index (κ3) is 2.14. The zero-order valence-corrected chi connectivity index (χ0v) is 12.1. The first kappa shape index (κ1) is 12.4. The van der Waals surface area contributed by atoms with Gasteiger partial charge in [-0.3, -0.25) is 0 Å². The van der Waals surface area contributed by atoms with Crippen LogP contribution < -0.4 is 0 Å². The Bertz CT molecular complexity index is 595. The average molecular weight is 269 g/mol. The third-order valence-corrected chi connectivity index (χ3v) is 5.37. The van der Waals surface area contributed by atoms with Gasteiger partial charge in [0.15, 0.2) is 0 Å². The smallest absolute Gasteiger partial charge is 0.0958 e. The summed E-state index contributed by atoms with van der Waals surface area (Å²) in [5, 5.41) is 0. The van der Waals surface area contributed by atoms with Crippen LogP contribution >= 0.6 is 0 Å². The number of rotatable bonds is 3. The fraction of sp³-hybridized carbons (Fsp3) is 0.588. The number of benzene rings is 1. The Hall–Kier alpha value is -1.35. The molecule has 2 fully saturated rings. The quantitative estimate of drug-likeness (QED) is 0.852. The van der Waals surface area contributed by atoms with Crippen LogP contribution in [-0.2, 0) is 6.54 Å². The average Bonchev–Trinajstić information content (AvgIpc) is 3.19. The molecule has 0 amide bonds. The molecule has 2 aliphatic rings. The van der Waals surface area contributed by atoms with Gasteiger partial charge in [-0.25, -0.2) is 4.98 Å². The fourth-order valence-electron chi connectivity index (χ4n) is 4.19. The van der Waals surface area contributed by atoms with Crippen LogP contribution in [0.15, 0.2) is 30.6 Å². The summed E-state index contributed by atoms with van der Waals surface area (Å²) in [4.78, 5) is 7.15. The maximum atomic E-state index is 4.48. The second kappa shape index (κ2) is 4.88. The van der Waals surface area contributed by atoms with Gasteiger partial charge >= 0.3 is 0 Å². The standard InChI is InChI=1S/C17H23N3/c1-2-6-16-15(5-1)18-14-20(16)12-11-19-10-9-17(13-19)7-3-4-8-17/h1-2,5-6,14H,3-4,7-13H2. The molecule has 0 atom stereocenters. The highest BCUT2D eigenvalue weighted by molar-refractivity contribution is 5.74. The molecule has 2 aromatic rings. The molecule has 0 bridgehead atoms. The summed E-state index contributed by atoms with van der Waals surface area (Å²) in [6, 6.07) is 8.42. The molecule has 1 saturated heterocycles. The van der Waals surface area contributed by atoms with Crippen molar-refractivity contribution in [1.29, 1.82) is 0 Å². The summed E-state index contributed by atoms with van der Waals surface area (Å²) in [6.07, 6.45) is 9.28. The molecular weight excluding hydrogens is 246 g/mol. The third-order valence-electron chi connectivity index (χ3n) is 5.37. The molecule has 1 aromatic heterocycles. The number of aromatic nitrogens is 2. The molecule has 3 nitrogen and oxygen atoms in total. The summed E-state index contributed by atoms with van der Waals surface area (Å²) >= 11 is 0. The molecule has 1 saturated carbocycles. The molecule has 1 aliphatic carbocycles. The lowest BCUT2D eigenvalue weighted by atomic mass is 9.86. The zero-order chi connectivity index (χ0) is 13.4. The number of fused-ring (bicyclic) bond motifs is 1. The maximum absolute atomic E-state index is 4.48. The molecule has 106 valence electrons. The number of hydrogen-bond donors (Lipinski definition) is 0. The molecule has 3 heteroatoms. The lowest BCUT2D eigenvalue weighted by Gasteiger charge is -2.23. The van der Waals surface area contributed by atoms with E-state index in [4.69, 9.17) is 0 Å². The van der Waals surface area contributed by atoms with E-state index in [9.17, 15) is 0 Å². The minimum Gasteiger partial charge on any atom is -0.329 e. The van der Waals surface area contributed by atoms with Crippen LogP contribution in [0.5, 0.6) is 0 Å². The summed E-state index contributed by atoms with van der Waals surface area (Å²) < 4.78 is 2.30. The Morgan fingerprint density at radius 2 is 1.90 bits per heavy atom. The highest BCUT2D eigenvalue weighted by Crippen LogP contribution is 2.45. The second-order valence-corrected chi connectivity index (χ2v) is 6.66. The fourth-order valence-corrected chi connectivity index (χ4v) is 4.19. The molecule has 0 radical (unpaired) electrons. The van der Waals surface area contributed by atoms with Gasteiger partial charge in [-0.2, -0.15) is 0 Å². The zero-order valence-electron chi connectivity index (χ0n) is 12.1. The predicted molar refractivity (Wildman–Crippen MR) is 81.7 cm³/mol. The van der Waals surface area contributed by atoms with Gasteiger partial charge < -0.3 is 9.47 Å². The van der Waals surface area contributed by atoms with E-state index in [1.54, 1.807) is 0 Å². The topological polar surface area (TPSA) is 21.1 Å². The van der Waals surface area contributed by atoms with Crippen molar-refractivity contribution in [2.24, 2.45) is 5.41 Å². The van der Waals surface area contributed by atoms with Gasteiger partial charge in [0.05, 0.1) is 17.4 Å². The first-order chi connectivity index (χ1) is 9.85. The van der Waals surface area contributed by atoms with Gasteiger partial charge in [0, 0.05) is 19.6 Å². The summed E-state index contributed by atoms with van der Waals surface area (Å²) in [5.74, 6) is 0. The Labute approximate surface area is 120 Å². The van der Waals surface area contributed by atoms with E-state index in [2.05, 4.69) is 38.7 Å². The molecule has 20 heavy (non-hydrogen) atoms. The molecule has 1 aromatic carbocycles. The van der Waals surface area contributed by atoms with E-state index in [1.165, 1.54) is 57.3 Å². The number of para-hydroxylation sites is 2. The number of likely N-dealkylation sites (tertiary alicyclic amines) is 1. The van der Waals surface area contributed by atoms with Crippen LogP contribution in [0.1, 0.15) is 32.1 Å². The normalized spacial score (nSPS) is 22.2. The SMILES string of the molecule is c1ccc2c(c1)ncn2CCN1CCC2(CCCC2)C1. The van der Waals surface area contributed by atoms with Crippen molar-refractivity contribution in [3.05, 3.63) is 30.6 Å². The molecule has 2 heterocycles. The van der Waals surface area contributed by atoms with Gasteiger partial charge in [0.25, 0.3) is 0 Å². The van der Waals surface area contributed by atoms with Gasteiger partial charge in [-0.1, -0.05) is 25.0 Å². The Morgan fingerprint density at radius 3 is 2.80 bits per heavy atom. The lowest BCUT2D eigenvalue weighted by Crippen LogP contribution is -2.28. The highest BCUT2D eigenvalue weighted by atomic mass is 15.2. The molecule has 1 aliphatic heterocycles. The van der Waals surface area contributed by atoms with Crippen molar-refractivity contribution in [2.45, 2.75) is 38.6 Å². The van der Waals surface area contributed by atoms with Crippen molar-refractivity contribution in [1.82, 2.24) is 14.5 Å². The Morgan fingerprint density at radius 1 is 1.05 bits per heavy atom. The van der Waals surface area contributed by atoms with Gasteiger partial charge in [-0.05, 0) is 43.4 Å². The van der Waals surface area contributed by atoms with Gasteiger partial charge in [0.1, 0.15) is 0 Å². The number of nitrogens with zero attached hydrogens (tertiary/aromatic N) is 3. The Kier molecular flexibility index (Phi) is 3.03. The van der Waals surface area contributed by atoms with E-state index < -0.39 is 0 Å². The molecular formula is C17H23N3. The van der Waals surface area contributed by atoms with Crippen LogP contribution in [0, 0.1) is 5.41 Å². The monoisotopic (exact) mass is 269 g/mol. The van der Waals surface area contributed by atoms with E-state index in [0.29, 0.717) is 5.41 Å². The van der Waals surface area contributed by atoms with Crippen molar-refractivity contribution >= 4 is 11.0 Å². The largest absolute Gasteiger partial charge is 0.329 e. The maximum Gasteiger partial charge on any atom is 0.0958 e.